The zero-order valence-electron chi connectivity index (χ0n) is 8.37. The molecule has 0 aliphatic carbocycles. The third-order valence-electron chi connectivity index (χ3n) is 1.98. The summed E-state index contributed by atoms with van der Waals surface area (Å²) in [7, 11) is 0. The van der Waals surface area contributed by atoms with E-state index in [2.05, 4.69) is 36.3 Å². The van der Waals surface area contributed by atoms with Gasteiger partial charge in [-0.05, 0) is 31.4 Å². The Hall–Kier alpha value is -0.540. The van der Waals surface area contributed by atoms with Crippen molar-refractivity contribution in [3.05, 3.63) is 23.9 Å². The van der Waals surface area contributed by atoms with Crippen molar-refractivity contribution in [3.8, 4) is 0 Å². The molecule has 0 saturated carbocycles. The van der Waals surface area contributed by atoms with Gasteiger partial charge in [0, 0.05) is 12.2 Å². The summed E-state index contributed by atoms with van der Waals surface area (Å²) in [6.45, 7) is 5.25. The average Bonchev–Trinajstić information content (AvgIpc) is 2.18. The Labute approximate surface area is 84.1 Å². The molecule has 0 saturated heterocycles. The molecule has 1 aromatic heterocycles. The highest BCUT2D eigenvalue weighted by atomic mass is 32.2. The maximum absolute atomic E-state index is 4.32. The van der Waals surface area contributed by atoms with Gasteiger partial charge in [-0.3, -0.25) is 0 Å². The van der Waals surface area contributed by atoms with E-state index in [4.69, 9.17) is 0 Å². The number of hydrogen-bond acceptors (Lipinski definition) is 3. The Morgan fingerprint density at radius 3 is 2.77 bits per heavy atom. The van der Waals surface area contributed by atoms with Gasteiger partial charge in [0.2, 0.25) is 0 Å². The zero-order valence-corrected chi connectivity index (χ0v) is 9.19. The third kappa shape index (κ3) is 3.01. The molecule has 0 spiro atoms. The highest BCUT2D eigenvalue weighted by Crippen LogP contribution is 2.15. The molecule has 0 amide bonds. The second-order valence-corrected chi connectivity index (χ2v) is 3.74. The molecule has 1 unspecified atom stereocenters. The van der Waals surface area contributed by atoms with Gasteiger partial charge in [0.25, 0.3) is 0 Å². The van der Waals surface area contributed by atoms with E-state index >= 15 is 0 Å². The van der Waals surface area contributed by atoms with E-state index in [-0.39, 0.29) is 0 Å². The van der Waals surface area contributed by atoms with E-state index in [0.29, 0.717) is 6.04 Å². The summed E-state index contributed by atoms with van der Waals surface area (Å²) in [5.41, 5.74) is 1.25. The van der Waals surface area contributed by atoms with Crippen LogP contribution in [0.1, 0.15) is 25.5 Å². The lowest BCUT2D eigenvalue weighted by atomic mass is 10.1. The van der Waals surface area contributed by atoms with Gasteiger partial charge in [0.05, 0.1) is 5.03 Å². The van der Waals surface area contributed by atoms with Crippen LogP contribution in [0.15, 0.2) is 23.4 Å². The normalized spacial score (nSPS) is 12.8. The molecular weight excluding hydrogens is 180 g/mol. The molecule has 2 nitrogen and oxygen atoms in total. The smallest absolute Gasteiger partial charge is 0.0957 e. The van der Waals surface area contributed by atoms with Crippen LogP contribution < -0.4 is 5.32 Å². The molecular formula is C10H16N2S. The lowest BCUT2D eigenvalue weighted by Crippen LogP contribution is -2.17. The number of rotatable bonds is 4. The molecule has 1 atom stereocenters. The van der Waals surface area contributed by atoms with Gasteiger partial charge in [-0.15, -0.1) is 11.8 Å². The SMILES string of the molecule is CCNC(C)c1ccc(SC)nc1. The number of aromatic nitrogens is 1. The van der Waals surface area contributed by atoms with Crippen LogP contribution in [0.3, 0.4) is 0 Å². The van der Waals surface area contributed by atoms with Crippen molar-refractivity contribution in [2.75, 3.05) is 12.8 Å². The summed E-state index contributed by atoms with van der Waals surface area (Å²) in [6.07, 6.45) is 3.98. The number of thioether (sulfide) groups is 1. The zero-order chi connectivity index (χ0) is 9.68. The second kappa shape index (κ2) is 5.25. The van der Waals surface area contributed by atoms with Gasteiger partial charge < -0.3 is 5.32 Å². The summed E-state index contributed by atoms with van der Waals surface area (Å²) in [5.74, 6) is 0. The first-order chi connectivity index (χ1) is 6.27. The molecule has 13 heavy (non-hydrogen) atoms. The molecule has 72 valence electrons. The van der Waals surface area contributed by atoms with Gasteiger partial charge in [-0.2, -0.15) is 0 Å². The number of nitrogens with zero attached hydrogens (tertiary/aromatic N) is 1. The largest absolute Gasteiger partial charge is 0.310 e. The van der Waals surface area contributed by atoms with E-state index in [9.17, 15) is 0 Å². The van der Waals surface area contributed by atoms with Crippen LogP contribution in [0.5, 0.6) is 0 Å². The second-order valence-electron chi connectivity index (χ2n) is 2.91. The van der Waals surface area contributed by atoms with Crippen molar-refractivity contribution in [2.45, 2.75) is 24.9 Å². The fourth-order valence-corrected chi connectivity index (χ4v) is 1.55. The number of hydrogen-bond donors (Lipinski definition) is 1. The Balaban J connectivity index is 2.67. The predicted octanol–water partition coefficient (Wildman–Crippen LogP) is 2.47. The molecule has 1 N–H and O–H groups in total. The predicted molar refractivity (Wildman–Crippen MR) is 58.1 cm³/mol. The van der Waals surface area contributed by atoms with Crippen molar-refractivity contribution < 1.29 is 0 Å². The van der Waals surface area contributed by atoms with Gasteiger partial charge in [-0.25, -0.2) is 4.98 Å². The molecule has 0 aliphatic heterocycles. The Kier molecular flexibility index (Phi) is 4.25. The Bertz CT molecular complexity index is 246. The van der Waals surface area contributed by atoms with Crippen LogP contribution in [-0.2, 0) is 0 Å². The van der Waals surface area contributed by atoms with Crippen LogP contribution >= 0.6 is 11.8 Å². The average molecular weight is 196 g/mol. The quantitative estimate of drug-likeness (QED) is 0.749. The fraction of sp³-hybridized carbons (Fsp3) is 0.500. The molecule has 0 radical (unpaired) electrons. The highest BCUT2D eigenvalue weighted by Gasteiger charge is 2.02. The van der Waals surface area contributed by atoms with Crippen LogP contribution in [0, 0.1) is 0 Å². The minimum Gasteiger partial charge on any atom is -0.310 e. The van der Waals surface area contributed by atoms with E-state index in [1.807, 2.05) is 12.5 Å². The van der Waals surface area contributed by atoms with E-state index in [1.165, 1.54) is 5.56 Å². The topological polar surface area (TPSA) is 24.9 Å². The lowest BCUT2D eigenvalue weighted by molar-refractivity contribution is 0.595. The number of pyridine rings is 1. The summed E-state index contributed by atoms with van der Waals surface area (Å²) < 4.78 is 0. The van der Waals surface area contributed by atoms with E-state index in [1.54, 1.807) is 11.8 Å². The maximum atomic E-state index is 4.32. The Morgan fingerprint density at radius 2 is 2.31 bits per heavy atom. The van der Waals surface area contributed by atoms with Crippen molar-refractivity contribution in [3.63, 3.8) is 0 Å². The maximum Gasteiger partial charge on any atom is 0.0957 e. The van der Waals surface area contributed by atoms with Crippen LogP contribution in [0.2, 0.25) is 0 Å². The summed E-state index contributed by atoms with van der Waals surface area (Å²) in [6, 6.07) is 4.59. The van der Waals surface area contributed by atoms with Crippen molar-refractivity contribution in [1.29, 1.82) is 0 Å². The molecule has 0 aliphatic rings. The van der Waals surface area contributed by atoms with E-state index in [0.717, 1.165) is 11.6 Å². The molecule has 1 heterocycles. The van der Waals surface area contributed by atoms with Crippen LogP contribution in [0.4, 0.5) is 0 Å². The first-order valence-electron chi connectivity index (χ1n) is 4.51. The first-order valence-corrected chi connectivity index (χ1v) is 5.73. The highest BCUT2D eigenvalue weighted by molar-refractivity contribution is 7.98. The van der Waals surface area contributed by atoms with Crippen LogP contribution in [-0.4, -0.2) is 17.8 Å². The third-order valence-corrected chi connectivity index (χ3v) is 2.64. The van der Waals surface area contributed by atoms with Crippen LogP contribution in [0.25, 0.3) is 0 Å². The molecule has 1 rings (SSSR count). The summed E-state index contributed by atoms with van der Waals surface area (Å²) in [4.78, 5) is 4.32. The minimum atomic E-state index is 0.397. The Morgan fingerprint density at radius 1 is 1.54 bits per heavy atom. The minimum absolute atomic E-state index is 0.397. The van der Waals surface area contributed by atoms with Gasteiger partial charge >= 0.3 is 0 Å². The van der Waals surface area contributed by atoms with Gasteiger partial charge in [-0.1, -0.05) is 13.0 Å². The van der Waals surface area contributed by atoms with Crippen molar-refractivity contribution >= 4 is 11.8 Å². The van der Waals surface area contributed by atoms with Crippen molar-refractivity contribution in [1.82, 2.24) is 10.3 Å². The van der Waals surface area contributed by atoms with Gasteiger partial charge in [0.15, 0.2) is 0 Å². The monoisotopic (exact) mass is 196 g/mol. The summed E-state index contributed by atoms with van der Waals surface area (Å²) in [5, 5.41) is 4.43. The molecule has 3 heteroatoms. The first kappa shape index (κ1) is 10.5. The lowest BCUT2D eigenvalue weighted by Gasteiger charge is -2.11. The molecule has 1 aromatic rings. The fourth-order valence-electron chi connectivity index (χ4n) is 1.19. The molecule has 0 fully saturated rings. The molecule has 0 aromatic carbocycles. The standard InChI is InChI=1S/C10H16N2S/c1-4-11-8(2)9-5-6-10(13-3)12-7-9/h5-8,11H,4H2,1-3H3. The van der Waals surface area contributed by atoms with Gasteiger partial charge in [0.1, 0.15) is 0 Å². The van der Waals surface area contributed by atoms with Crippen molar-refractivity contribution in [2.24, 2.45) is 0 Å². The van der Waals surface area contributed by atoms with E-state index < -0.39 is 0 Å². The summed E-state index contributed by atoms with van der Waals surface area (Å²) >= 11 is 1.67. The molecule has 0 bridgehead atoms. The number of nitrogens with one attached hydrogen (secondary N) is 1.